The molecular weight excluding hydrogens is 416 g/mol. The fraction of sp³-hybridized carbons (Fsp3) is 0.583. The monoisotopic (exact) mass is 443 g/mol. The molecule has 170 valence electrons. The van der Waals surface area contributed by atoms with Crippen LogP contribution in [0.1, 0.15) is 61.7 Å². The summed E-state index contributed by atoms with van der Waals surface area (Å²) >= 11 is 0. The quantitative estimate of drug-likeness (QED) is 0.685. The van der Waals surface area contributed by atoms with Crippen molar-refractivity contribution in [2.45, 2.75) is 58.0 Å². The Morgan fingerprint density at radius 2 is 1.94 bits per heavy atom. The number of fused-ring (bicyclic) bond motifs is 1. The first-order valence-corrected chi connectivity index (χ1v) is 11.6. The standard InChI is InChI=1S/C24H27F2N3O3/c1-2-19-20(28-23(32-19)29-6-5-24(12-29)3-4-24)22(30)27-15-10-17(25)21(18(26)11-15)31-16-8-13-7-14(13)9-16/h10-11,13-14,16H,2-9,12H2,1H3,(H,27,30)/t13-,14?,16?/m0/s1. The average molecular weight is 443 g/mol. The van der Waals surface area contributed by atoms with Crippen LogP contribution in [0.25, 0.3) is 0 Å². The number of hydrogen-bond donors (Lipinski definition) is 1. The van der Waals surface area contributed by atoms with Crippen LogP contribution in [0.5, 0.6) is 5.75 Å². The molecule has 1 aliphatic heterocycles. The van der Waals surface area contributed by atoms with Gasteiger partial charge in [-0.25, -0.2) is 8.78 Å². The van der Waals surface area contributed by atoms with E-state index in [4.69, 9.17) is 9.15 Å². The first kappa shape index (κ1) is 20.0. The van der Waals surface area contributed by atoms with Crippen LogP contribution in [0, 0.1) is 28.9 Å². The zero-order valence-electron chi connectivity index (χ0n) is 18.1. The normalized spacial score (nSPS) is 27.0. The van der Waals surface area contributed by atoms with Gasteiger partial charge in [-0.1, -0.05) is 6.92 Å². The Balaban J connectivity index is 1.17. The van der Waals surface area contributed by atoms with Crippen molar-refractivity contribution in [1.29, 1.82) is 0 Å². The van der Waals surface area contributed by atoms with Crippen molar-refractivity contribution in [2.75, 3.05) is 23.3 Å². The van der Waals surface area contributed by atoms with E-state index in [1.54, 1.807) is 0 Å². The van der Waals surface area contributed by atoms with Gasteiger partial charge in [0.25, 0.3) is 11.9 Å². The minimum Gasteiger partial charge on any atom is -0.484 e. The van der Waals surface area contributed by atoms with Crippen molar-refractivity contribution in [3.05, 3.63) is 35.2 Å². The SMILES string of the molecule is CCc1oc(N2CCC3(CC3)C2)nc1C(=O)Nc1cc(F)c(OC2CC3C[C@H]3C2)c(F)c1. The second kappa shape index (κ2) is 7.18. The Morgan fingerprint density at radius 1 is 1.22 bits per heavy atom. The molecule has 32 heavy (non-hydrogen) atoms. The predicted octanol–water partition coefficient (Wildman–Crippen LogP) is 4.94. The third kappa shape index (κ3) is 3.53. The maximum Gasteiger partial charge on any atom is 0.298 e. The number of aromatic nitrogens is 1. The maximum absolute atomic E-state index is 14.6. The summed E-state index contributed by atoms with van der Waals surface area (Å²) in [4.78, 5) is 19.4. The second-order valence-corrected chi connectivity index (χ2v) is 9.98. The van der Waals surface area contributed by atoms with Crippen LogP contribution in [0.15, 0.2) is 16.5 Å². The summed E-state index contributed by atoms with van der Waals surface area (Å²) in [6, 6.07) is 2.64. The van der Waals surface area contributed by atoms with Crippen LogP contribution in [-0.4, -0.2) is 30.1 Å². The third-order valence-electron chi connectivity index (χ3n) is 7.63. The molecule has 4 fully saturated rings. The molecule has 2 heterocycles. The third-order valence-corrected chi connectivity index (χ3v) is 7.63. The lowest BCUT2D eigenvalue weighted by Crippen LogP contribution is -2.21. The van der Waals surface area contributed by atoms with Gasteiger partial charge < -0.3 is 19.4 Å². The van der Waals surface area contributed by atoms with E-state index in [1.807, 2.05) is 6.92 Å². The van der Waals surface area contributed by atoms with E-state index in [9.17, 15) is 13.6 Å². The van der Waals surface area contributed by atoms with E-state index in [0.717, 1.165) is 44.5 Å². The van der Waals surface area contributed by atoms with E-state index in [-0.39, 0.29) is 23.2 Å². The van der Waals surface area contributed by atoms with Crippen molar-refractivity contribution in [3.8, 4) is 5.75 Å². The molecule has 4 aliphatic rings. The van der Waals surface area contributed by atoms with Gasteiger partial charge in [0.05, 0.1) is 6.10 Å². The Hall–Kier alpha value is -2.64. The maximum atomic E-state index is 14.6. The van der Waals surface area contributed by atoms with E-state index < -0.39 is 17.5 Å². The van der Waals surface area contributed by atoms with Gasteiger partial charge in [0.2, 0.25) is 0 Å². The topological polar surface area (TPSA) is 67.6 Å². The van der Waals surface area contributed by atoms with E-state index in [0.29, 0.717) is 35.4 Å². The van der Waals surface area contributed by atoms with Gasteiger partial charge in [-0.2, -0.15) is 4.98 Å². The molecule has 1 N–H and O–H groups in total. The zero-order chi connectivity index (χ0) is 22.0. The molecule has 1 amide bonds. The largest absolute Gasteiger partial charge is 0.484 e. The number of amides is 1. The molecule has 2 unspecified atom stereocenters. The summed E-state index contributed by atoms with van der Waals surface area (Å²) in [6.07, 6.45) is 6.86. The van der Waals surface area contributed by atoms with Crippen LogP contribution in [0.3, 0.4) is 0 Å². The smallest absolute Gasteiger partial charge is 0.298 e. The Morgan fingerprint density at radius 3 is 2.56 bits per heavy atom. The number of nitrogens with one attached hydrogen (secondary N) is 1. The molecule has 1 aromatic carbocycles. The zero-order valence-corrected chi connectivity index (χ0v) is 18.1. The molecule has 1 spiro atoms. The summed E-state index contributed by atoms with van der Waals surface area (Å²) in [5.41, 5.74) is 0.586. The van der Waals surface area contributed by atoms with E-state index in [2.05, 4.69) is 15.2 Å². The number of hydrogen-bond acceptors (Lipinski definition) is 5. The van der Waals surface area contributed by atoms with Crippen molar-refractivity contribution < 1.29 is 22.7 Å². The van der Waals surface area contributed by atoms with Gasteiger partial charge in [0.1, 0.15) is 5.76 Å². The molecule has 1 saturated heterocycles. The summed E-state index contributed by atoms with van der Waals surface area (Å²) in [7, 11) is 0. The number of oxazole rings is 1. The predicted molar refractivity (Wildman–Crippen MR) is 114 cm³/mol. The number of benzene rings is 1. The van der Waals surface area contributed by atoms with E-state index in [1.165, 1.54) is 19.3 Å². The molecule has 6 nitrogen and oxygen atoms in total. The number of carbonyl (C=O) groups is 1. The molecule has 1 aromatic heterocycles. The highest BCUT2D eigenvalue weighted by Crippen LogP contribution is 2.54. The van der Waals surface area contributed by atoms with Crippen LogP contribution in [0.2, 0.25) is 0 Å². The number of ether oxygens (including phenoxy) is 1. The number of aryl methyl sites for hydroxylation is 1. The average Bonchev–Trinajstić information content (AvgIpc) is 3.48. The lowest BCUT2D eigenvalue weighted by Gasteiger charge is -2.17. The Bertz CT molecular complexity index is 1050. The van der Waals surface area contributed by atoms with Crippen LogP contribution >= 0.6 is 0 Å². The van der Waals surface area contributed by atoms with Gasteiger partial charge in [0.15, 0.2) is 23.1 Å². The fourth-order valence-corrected chi connectivity index (χ4v) is 5.43. The first-order chi connectivity index (χ1) is 15.4. The molecule has 0 radical (unpaired) electrons. The van der Waals surface area contributed by atoms with Crippen molar-refractivity contribution in [2.24, 2.45) is 17.3 Å². The number of halogens is 2. The summed E-state index contributed by atoms with van der Waals surface area (Å²) in [5.74, 6) is -0.764. The first-order valence-electron chi connectivity index (χ1n) is 11.6. The highest BCUT2D eigenvalue weighted by Gasteiger charge is 2.49. The van der Waals surface area contributed by atoms with Gasteiger partial charge in [-0.3, -0.25) is 4.79 Å². The molecule has 3 saturated carbocycles. The molecule has 0 bridgehead atoms. The van der Waals surface area contributed by atoms with Gasteiger partial charge >= 0.3 is 0 Å². The molecule has 2 aromatic rings. The second-order valence-electron chi connectivity index (χ2n) is 9.98. The number of anilines is 2. The summed E-state index contributed by atoms with van der Waals surface area (Å²) < 4.78 is 40.7. The number of nitrogens with zero attached hydrogens (tertiary/aromatic N) is 2. The van der Waals surface area contributed by atoms with Crippen LogP contribution < -0.4 is 15.0 Å². The van der Waals surface area contributed by atoms with Crippen molar-refractivity contribution >= 4 is 17.6 Å². The molecule has 8 heteroatoms. The minimum atomic E-state index is -0.816. The van der Waals surface area contributed by atoms with Gasteiger partial charge in [-0.05, 0) is 55.8 Å². The Kier molecular flexibility index (Phi) is 4.49. The lowest BCUT2D eigenvalue weighted by atomic mass is 10.1. The van der Waals surface area contributed by atoms with E-state index >= 15 is 0 Å². The highest BCUT2D eigenvalue weighted by atomic mass is 19.1. The van der Waals surface area contributed by atoms with Crippen LogP contribution in [-0.2, 0) is 6.42 Å². The van der Waals surface area contributed by atoms with Gasteiger partial charge in [0, 0.05) is 37.3 Å². The van der Waals surface area contributed by atoms with Crippen molar-refractivity contribution in [1.82, 2.24) is 4.98 Å². The lowest BCUT2D eigenvalue weighted by molar-refractivity contribution is 0.102. The molecule has 3 aliphatic carbocycles. The number of rotatable bonds is 6. The number of carbonyl (C=O) groups excluding carboxylic acids is 1. The van der Waals surface area contributed by atoms with Crippen molar-refractivity contribution in [3.63, 3.8) is 0 Å². The van der Waals surface area contributed by atoms with Crippen LogP contribution in [0.4, 0.5) is 20.5 Å². The molecule has 3 atom stereocenters. The minimum absolute atomic E-state index is 0.0244. The Labute approximate surface area is 185 Å². The highest BCUT2D eigenvalue weighted by molar-refractivity contribution is 6.03. The van der Waals surface area contributed by atoms with Gasteiger partial charge in [-0.15, -0.1) is 0 Å². The molecule has 6 rings (SSSR count). The summed E-state index contributed by atoms with van der Waals surface area (Å²) in [6.45, 7) is 3.65. The fourth-order valence-electron chi connectivity index (χ4n) is 5.43. The molecular formula is C24H27F2N3O3. The summed E-state index contributed by atoms with van der Waals surface area (Å²) in [5, 5.41) is 2.57.